The van der Waals surface area contributed by atoms with Crippen LogP contribution in [0, 0.1) is 5.92 Å². The topological polar surface area (TPSA) is 117 Å². The van der Waals surface area contributed by atoms with Gasteiger partial charge in [0.1, 0.15) is 0 Å². The first-order chi connectivity index (χ1) is 21.4. The quantitative estimate of drug-likeness (QED) is 0.144. The van der Waals surface area contributed by atoms with Crippen molar-refractivity contribution < 1.29 is 29.3 Å². The molecule has 8 nitrogen and oxygen atoms in total. The first-order valence-corrected chi connectivity index (χ1v) is 15.5. The van der Waals surface area contributed by atoms with Gasteiger partial charge in [0.2, 0.25) is 0 Å². The lowest BCUT2D eigenvalue weighted by Crippen LogP contribution is -2.38. The highest BCUT2D eigenvalue weighted by Gasteiger charge is 2.38. The van der Waals surface area contributed by atoms with Gasteiger partial charge in [0.15, 0.2) is 6.29 Å². The fraction of sp³-hybridized carbons (Fsp3) is 0.257. The van der Waals surface area contributed by atoms with Gasteiger partial charge in [0.05, 0.1) is 24.4 Å². The van der Waals surface area contributed by atoms with Crippen LogP contribution in [0.2, 0.25) is 0 Å². The van der Waals surface area contributed by atoms with Gasteiger partial charge in [-0.25, -0.2) is 9.59 Å². The summed E-state index contributed by atoms with van der Waals surface area (Å²) in [4.78, 5) is 24.7. The van der Waals surface area contributed by atoms with E-state index in [0.29, 0.717) is 23.7 Å². The molecule has 1 fully saturated rings. The molecular formula is C35H36N2O6S. The highest BCUT2D eigenvalue weighted by molar-refractivity contribution is 7.99. The molecule has 1 aliphatic rings. The molecular weight excluding hydrogens is 576 g/mol. The van der Waals surface area contributed by atoms with Gasteiger partial charge in [-0.05, 0) is 34.4 Å². The van der Waals surface area contributed by atoms with Gasteiger partial charge in [-0.2, -0.15) is 0 Å². The highest BCUT2D eigenvalue weighted by Crippen LogP contribution is 2.43. The van der Waals surface area contributed by atoms with Crippen LogP contribution < -0.4 is 10.6 Å². The van der Waals surface area contributed by atoms with Crippen molar-refractivity contribution in [1.29, 1.82) is 0 Å². The van der Waals surface area contributed by atoms with E-state index in [2.05, 4.69) is 17.6 Å². The average molecular weight is 613 g/mol. The lowest BCUT2D eigenvalue weighted by atomic mass is 9.91. The summed E-state index contributed by atoms with van der Waals surface area (Å²) in [6.45, 7) is 2.86. The number of aliphatic hydroxyl groups is 1. The van der Waals surface area contributed by atoms with Crippen LogP contribution >= 0.6 is 11.8 Å². The van der Waals surface area contributed by atoms with E-state index in [0.717, 1.165) is 27.8 Å². The second-order valence-corrected chi connectivity index (χ2v) is 11.8. The Kier molecular flexibility index (Phi) is 10.7. The zero-order chi connectivity index (χ0) is 30.9. The lowest BCUT2D eigenvalue weighted by Gasteiger charge is -2.41. The zero-order valence-corrected chi connectivity index (χ0v) is 25.2. The van der Waals surface area contributed by atoms with Gasteiger partial charge in [0.25, 0.3) is 0 Å². The molecule has 1 saturated heterocycles. The lowest BCUT2D eigenvalue weighted by molar-refractivity contribution is -0.268. The minimum Gasteiger partial charge on any atom is -0.478 e. The highest BCUT2D eigenvalue weighted by atomic mass is 32.2. The summed E-state index contributed by atoms with van der Waals surface area (Å²) in [6, 6.07) is 31.9. The van der Waals surface area contributed by atoms with E-state index in [1.807, 2.05) is 91.0 Å². The molecule has 44 heavy (non-hydrogen) atoms. The van der Waals surface area contributed by atoms with Gasteiger partial charge in [-0.1, -0.05) is 97.9 Å². The first kappa shape index (κ1) is 31.3. The normalized spacial score (nSPS) is 19.7. The number of benzene rings is 4. The zero-order valence-electron chi connectivity index (χ0n) is 24.4. The SMILES string of the molecule is CC1C(CSc2ccccc2C(=O)O)OC(c2ccc(CNC(=O)NCc3ccccc3)cc2)OC1c1ccc(CO)cc1. The van der Waals surface area contributed by atoms with Gasteiger partial charge in [-0.3, -0.25) is 0 Å². The maximum absolute atomic E-state index is 12.3. The molecule has 4 aromatic carbocycles. The number of rotatable bonds is 11. The van der Waals surface area contributed by atoms with Crippen molar-refractivity contribution in [3.05, 3.63) is 137 Å². The van der Waals surface area contributed by atoms with E-state index in [1.54, 1.807) is 12.1 Å². The number of urea groups is 1. The van der Waals surface area contributed by atoms with Crippen LogP contribution in [0.25, 0.3) is 0 Å². The Morgan fingerprint density at radius 3 is 2.00 bits per heavy atom. The molecule has 0 spiro atoms. The third kappa shape index (κ3) is 8.06. The van der Waals surface area contributed by atoms with E-state index in [1.165, 1.54) is 11.8 Å². The molecule has 1 aliphatic heterocycles. The van der Waals surface area contributed by atoms with Crippen molar-refractivity contribution in [2.45, 2.75) is 50.0 Å². The molecule has 0 saturated carbocycles. The molecule has 0 bridgehead atoms. The minimum absolute atomic E-state index is 0.0337. The molecule has 0 radical (unpaired) electrons. The number of carbonyl (C=O) groups is 2. The van der Waals surface area contributed by atoms with Crippen LogP contribution in [0.15, 0.2) is 108 Å². The first-order valence-electron chi connectivity index (χ1n) is 14.5. The van der Waals surface area contributed by atoms with E-state index in [9.17, 15) is 19.8 Å². The van der Waals surface area contributed by atoms with E-state index in [-0.39, 0.29) is 36.3 Å². The van der Waals surface area contributed by atoms with Crippen LogP contribution in [-0.4, -0.2) is 34.1 Å². The Bertz CT molecular complexity index is 1530. The molecule has 228 valence electrons. The van der Waals surface area contributed by atoms with Gasteiger partial charge >= 0.3 is 12.0 Å². The Labute approximate surface area is 261 Å². The molecule has 4 N–H and O–H groups in total. The number of carbonyl (C=O) groups excluding carboxylic acids is 1. The summed E-state index contributed by atoms with van der Waals surface area (Å²) >= 11 is 1.46. The summed E-state index contributed by atoms with van der Waals surface area (Å²) in [5, 5.41) is 24.9. The van der Waals surface area contributed by atoms with E-state index >= 15 is 0 Å². The smallest absolute Gasteiger partial charge is 0.336 e. The number of nitrogens with one attached hydrogen (secondary N) is 2. The number of carboxylic acid groups (broad SMARTS) is 1. The number of ether oxygens (including phenoxy) is 2. The molecule has 4 unspecified atom stereocenters. The van der Waals surface area contributed by atoms with Crippen molar-refractivity contribution >= 4 is 23.8 Å². The fourth-order valence-electron chi connectivity index (χ4n) is 5.07. The summed E-state index contributed by atoms with van der Waals surface area (Å²) in [5.41, 5.74) is 4.86. The monoisotopic (exact) mass is 612 g/mol. The molecule has 5 rings (SSSR count). The fourth-order valence-corrected chi connectivity index (χ4v) is 6.28. The van der Waals surface area contributed by atoms with Crippen molar-refractivity contribution in [2.24, 2.45) is 5.92 Å². The van der Waals surface area contributed by atoms with E-state index in [4.69, 9.17) is 9.47 Å². The summed E-state index contributed by atoms with van der Waals surface area (Å²) in [7, 11) is 0. The molecule has 4 aromatic rings. The molecule has 4 atom stereocenters. The number of aromatic carboxylic acids is 1. The number of hydrogen-bond donors (Lipinski definition) is 4. The third-order valence-corrected chi connectivity index (χ3v) is 8.81. The Balaban J connectivity index is 1.27. The van der Waals surface area contributed by atoms with E-state index < -0.39 is 12.3 Å². The molecule has 2 amide bonds. The predicted octanol–water partition coefficient (Wildman–Crippen LogP) is 6.46. The second-order valence-electron chi connectivity index (χ2n) is 10.7. The molecule has 0 aliphatic carbocycles. The third-order valence-electron chi connectivity index (χ3n) is 7.64. The molecule has 0 aromatic heterocycles. The number of thioether (sulfide) groups is 1. The van der Waals surface area contributed by atoms with Crippen LogP contribution in [0.4, 0.5) is 4.79 Å². The van der Waals surface area contributed by atoms with Gasteiger partial charge in [-0.15, -0.1) is 11.8 Å². The molecule has 1 heterocycles. The van der Waals surface area contributed by atoms with Crippen molar-refractivity contribution in [1.82, 2.24) is 10.6 Å². The Morgan fingerprint density at radius 1 is 0.750 bits per heavy atom. The largest absolute Gasteiger partial charge is 0.478 e. The van der Waals surface area contributed by atoms with Crippen LogP contribution in [0.3, 0.4) is 0 Å². The van der Waals surface area contributed by atoms with Crippen molar-refractivity contribution in [3.8, 4) is 0 Å². The maximum Gasteiger partial charge on any atom is 0.336 e. The summed E-state index contributed by atoms with van der Waals surface area (Å²) in [5.74, 6) is -0.456. The predicted molar refractivity (Wildman–Crippen MR) is 169 cm³/mol. The van der Waals surface area contributed by atoms with Crippen LogP contribution in [-0.2, 0) is 29.2 Å². The summed E-state index contributed by atoms with van der Waals surface area (Å²) < 4.78 is 13.0. The standard InChI is InChI=1S/C35H36N2O6S/c1-23-30(22-44-31-10-6-5-9-29(31)33(39)40)42-34(43-32(23)27-15-13-26(21-38)14-16-27)28-17-11-25(12-18-28)20-37-35(41)36-19-24-7-3-2-4-8-24/h2-18,23,30,32,34,38H,19-22H2,1H3,(H,39,40)(H2,36,37,41). The maximum atomic E-state index is 12.3. The number of hydrogen-bond acceptors (Lipinski definition) is 6. The van der Waals surface area contributed by atoms with Gasteiger partial charge in [0, 0.05) is 35.2 Å². The second kappa shape index (κ2) is 15.0. The minimum atomic E-state index is -0.961. The Morgan fingerprint density at radius 2 is 1.34 bits per heavy atom. The van der Waals surface area contributed by atoms with Gasteiger partial charge < -0.3 is 30.3 Å². The van der Waals surface area contributed by atoms with Crippen molar-refractivity contribution in [3.63, 3.8) is 0 Å². The number of carboxylic acids is 1. The van der Waals surface area contributed by atoms with Crippen molar-refractivity contribution in [2.75, 3.05) is 5.75 Å². The van der Waals surface area contributed by atoms with Crippen LogP contribution in [0.5, 0.6) is 0 Å². The number of aliphatic hydroxyl groups excluding tert-OH is 1. The van der Waals surface area contributed by atoms with Crippen LogP contribution in [0.1, 0.15) is 57.5 Å². The Hall–Kier alpha value is -4.15. The average Bonchev–Trinajstić information content (AvgIpc) is 3.07. The summed E-state index contributed by atoms with van der Waals surface area (Å²) in [6.07, 6.45) is -1.17. The molecule has 9 heteroatoms. The number of amides is 2.